The van der Waals surface area contributed by atoms with Crippen molar-refractivity contribution in [3.8, 4) is 5.75 Å². The normalized spacial score (nSPS) is 22.2. The Labute approximate surface area is 124 Å². The first-order valence-corrected chi connectivity index (χ1v) is 6.56. The maximum Gasteiger partial charge on any atom is 0.514 e. The van der Waals surface area contributed by atoms with Crippen LogP contribution in [0.5, 0.6) is 5.75 Å². The summed E-state index contributed by atoms with van der Waals surface area (Å²) in [4.78, 5) is 4.07. The van der Waals surface area contributed by atoms with Crippen molar-refractivity contribution in [3.63, 3.8) is 0 Å². The number of hydrogen-bond donors (Lipinski definition) is 0. The first-order valence-electron chi connectivity index (χ1n) is 8.06. The smallest absolute Gasteiger partial charge is 0.490 e. The van der Waals surface area contributed by atoms with Gasteiger partial charge in [-0.05, 0) is 39.8 Å². The van der Waals surface area contributed by atoms with Gasteiger partial charge in [-0.2, -0.15) is 0 Å². The Bertz CT molecular complexity index is 582. The van der Waals surface area contributed by atoms with Crippen molar-refractivity contribution in [2.24, 2.45) is 0 Å². The lowest BCUT2D eigenvalue weighted by molar-refractivity contribution is 0.00578. The molecule has 6 heteroatoms. The fourth-order valence-electron chi connectivity index (χ4n) is 1.65. The third-order valence-corrected chi connectivity index (χ3v) is 3.59. The first kappa shape index (κ1) is 11.5. The van der Waals surface area contributed by atoms with Crippen LogP contribution < -0.4 is 10.3 Å². The Kier molecular flexibility index (Phi) is 3.30. The quantitative estimate of drug-likeness (QED) is 0.603. The Balaban J connectivity index is 2.32. The van der Waals surface area contributed by atoms with Gasteiger partial charge in [-0.1, -0.05) is 0 Å². The van der Waals surface area contributed by atoms with Crippen molar-refractivity contribution in [2.75, 3.05) is 20.3 Å². The van der Waals surface area contributed by atoms with E-state index in [9.17, 15) is 0 Å². The highest BCUT2D eigenvalue weighted by molar-refractivity contribution is 6.61. The van der Waals surface area contributed by atoms with Crippen LogP contribution in [-0.2, 0) is 14.0 Å². The second kappa shape index (κ2) is 5.72. The van der Waals surface area contributed by atoms with Gasteiger partial charge in [0.1, 0.15) is 12.4 Å². The molecule has 0 bridgehead atoms. The number of pyridine rings is 1. The van der Waals surface area contributed by atoms with Gasteiger partial charge in [-0.3, -0.25) is 4.98 Å². The molecular weight excluding hydrogens is 257 g/mol. The van der Waals surface area contributed by atoms with Crippen LogP contribution in [0.1, 0.15) is 31.8 Å². The number of methoxy groups -OCH3 is 1. The Hall–Kier alpha value is -1.11. The van der Waals surface area contributed by atoms with Crippen LogP contribution in [0, 0.1) is 0 Å². The van der Waals surface area contributed by atoms with Gasteiger partial charge in [0, 0.05) is 7.11 Å². The molecule has 2 rings (SSSR count). The van der Waals surface area contributed by atoms with E-state index in [1.807, 2.05) is 27.7 Å². The van der Waals surface area contributed by atoms with E-state index in [1.165, 1.54) is 7.11 Å². The van der Waals surface area contributed by atoms with Gasteiger partial charge < -0.3 is 18.8 Å². The second-order valence-corrected chi connectivity index (χ2v) is 5.62. The molecule has 2 heterocycles. The van der Waals surface area contributed by atoms with Gasteiger partial charge in [0.25, 0.3) is 0 Å². The van der Waals surface area contributed by atoms with Crippen LogP contribution >= 0.6 is 0 Å². The van der Waals surface area contributed by atoms with Crippen LogP contribution in [0.2, 0.25) is 0 Å². The number of rotatable bonds is 5. The predicted molar refractivity (Wildman–Crippen MR) is 77.3 cm³/mol. The topological polar surface area (TPSA) is 49.8 Å². The Morgan fingerprint density at radius 3 is 2.45 bits per heavy atom. The van der Waals surface area contributed by atoms with E-state index in [0.29, 0.717) is 6.61 Å². The van der Waals surface area contributed by atoms with E-state index in [0.717, 1.165) is 0 Å². The van der Waals surface area contributed by atoms with Gasteiger partial charge in [0.2, 0.25) is 0 Å². The highest BCUT2D eigenvalue weighted by atomic mass is 16.7. The van der Waals surface area contributed by atoms with Crippen LogP contribution in [0.3, 0.4) is 0 Å². The molecule has 1 aliphatic rings. The fraction of sp³-hybridized carbons (Fsp3) is 0.643. The summed E-state index contributed by atoms with van der Waals surface area (Å²) in [6.45, 7) is 8.07. The van der Waals surface area contributed by atoms with E-state index in [-0.39, 0.29) is 36.2 Å². The SMILES string of the molecule is [2H]c1nc(B2OC(C)(C)C(C)(C)O2)c([2H])c([2H])c1OCCOC. The number of nitrogens with zero attached hydrogens (tertiary/aromatic N) is 1. The van der Waals surface area contributed by atoms with E-state index in [4.69, 9.17) is 22.9 Å². The zero-order valence-electron chi connectivity index (χ0n) is 15.6. The third kappa shape index (κ3) is 3.14. The molecule has 0 atom stereocenters. The fourth-order valence-corrected chi connectivity index (χ4v) is 1.65. The summed E-state index contributed by atoms with van der Waals surface area (Å²) in [5.41, 5.74) is -1.04. The minimum Gasteiger partial charge on any atom is -0.490 e. The average Bonchev–Trinajstić information content (AvgIpc) is 2.66. The van der Waals surface area contributed by atoms with E-state index >= 15 is 0 Å². The molecule has 0 amide bonds. The molecule has 1 aromatic rings. The maximum absolute atomic E-state index is 8.13. The predicted octanol–water partition coefficient (Wildman–Crippen LogP) is 1.41. The number of ether oxygens (including phenoxy) is 2. The van der Waals surface area contributed by atoms with Gasteiger partial charge in [0.15, 0.2) is 0 Å². The molecule has 20 heavy (non-hydrogen) atoms. The molecule has 5 nitrogen and oxygen atoms in total. The van der Waals surface area contributed by atoms with Crippen molar-refractivity contribution in [3.05, 3.63) is 18.3 Å². The lowest BCUT2D eigenvalue weighted by Gasteiger charge is -2.32. The van der Waals surface area contributed by atoms with Crippen LogP contribution in [0.4, 0.5) is 0 Å². The molecule has 0 unspecified atom stereocenters. The first-order chi connectivity index (χ1) is 10.6. The van der Waals surface area contributed by atoms with Gasteiger partial charge in [-0.15, -0.1) is 0 Å². The zero-order valence-corrected chi connectivity index (χ0v) is 12.6. The molecule has 0 aromatic carbocycles. The summed E-state index contributed by atoms with van der Waals surface area (Å²) >= 11 is 0. The Morgan fingerprint density at radius 1 is 1.20 bits per heavy atom. The highest BCUT2D eigenvalue weighted by Crippen LogP contribution is 2.36. The molecule has 0 radical (unpaired) electrons. The summed E-state index contributed by atoms with van der Waals surface area (Å²) in [5.74, 6) is -0.0349. The molecule has 1 aliphatic heterocycles. The lowest BCUT2D eigenvalue weighted by Crippen LogP contribution is -2.41. The highest BCUT2D eigenvalue weighted by Gasteiger charge is 2.52. The molecule has 0 aliphatic carbocycles. The van der Waals surface area contributed by atoms with Crippen molar-refractivity contribution >= 4 is 12.7 Å². The minimum absolute atomic E-state index is 0.0349. The molecule has 110 valence electrons. The van der Waals surface area contributed by atoms with Gasteiger partial charge in [-0.25, -0.2) is 0 Å². The monoisotopic (exact) mass is 282 g/mol. The summed E-state index contributed by atoms with van der Waals surface area (Å²) in [6.07, 6.45) is -0.216. The molecule has 1 fully saturated rings. The van der Waals surface area contributed by atoms with Crippen LogP contribution in [0.15, 0.2) is 18.3 Å². The number of hydrogen-bond acceptors (Lipinski definition) is 5. The summed E-state index contributed by atoms with van der Waals surface area (Å²) in [7, 11) is 0.649. The molecular formula is C14H22BNO4. The molecule has 0 N–H and O–H groups in total. The largest absolute Gasteiger partial charge is 0.514 e. The number of aromatic nitrogens is 1. The van der Waals surface area contributed by atoms with Crippen LogP contribution in [0.25, 0.3) is 0 Å². The van der Waals surface area contributed by atoms with Crippen LogP contribution in [-0.4, -0.2) is 43.6 Å². The molecule has 0 saturated carbocycles. The van der Waals surface area contributed by atoms with Crippen molar-refractivity contribution < 1.29 is 22.9 Å². The zero-order chi connectivity index (χ0) is 17.4. The Morgan fingerprint density at radius 2 is 1.85 bits per heavy atom. The summed E-state index contributed by atoms with van der Waals surface area (Å²) in [6, 6.07) is -0.363. The third-order valence-electron chi connectivity index (χ3n) is 3.59. The second-order valence-electron chi connectivity index (χ2n) is 5.62. The summed E-state index contributed by atoms with van der Waals surface area (Å²) < 4.78 is 46.0. The van der Waals surface area contributed by atoms with Gasteiger partial charge >= 0.3 is 7.12 Å². The van der Waals surface area contributed by atoms with Crippen molar-refractivity contribution in [2.45, 2.75) is 38.9 Å². The minimum atomic E-state index is -0.881. The molecule has 1 saturated heterocycles. The standard InChI is InChI=1S/C14H22BNO4/c1-13(2)14(3,4)20-15(19-13)12-7-6-11(10-16-12)18-9-8-17-5/h6-7,10H,8-9H2,1-5H3/i6D,7D,10D. The maximum atomic E-state index is 8.13. The molecule has 1 aromatic heterocycles. The van der Waals surface area contributed by atoms with Crippen molar-refractivity contribution in [1.29, 1.82) is 0 Å². The summed E-state index contributed by atoms with van der Waals surface area (Å²) in [5, 5.41) is 0. The van der Waals surface area contributed by atoms with E-state index < -0.39 is 18.3 Å². The van der Waals surface area contributed by atoms with E-state index in [2.05, 4.69) is 4.98 Å². The average molecular weight is 282 g/mol. The lowest BCUT2D eigenvalue weighted by atomic mass is 9.84. The molecule has 0 spiro atoms. The van der Waals surface area contributed by atoms with E-state index in [1.54, 1.807) is 0 Å². The van der Waals surface area contributed by atoms with Gasteiger partial charge in [0.05, 0.1) is 33.7 Å². The van der Waals surface area contributed by atoms with Crippen molar-refractivity contribution in [1.82, 2.24) is 4.98 Å².